The SMILES string of the molecule is NNC(=O)C1(c2ccc3c(c2)CCC3)CCCC1. The molecule has 0 aliphatic heterocycles. The average Bonchev–Trinajstić information content (AvgIpc) is 3.06. The highest BCUT2D eigenvalue weighted by atomic mass is 16.2. The first-order valence-electron chi connectivity index (χ1n) is 6.90. The molecule has 3 heteroatoms. The van der Waals surface area contributed by atoms with Gasteiger partial charge in [-0.3, -0.25) is 10.2 Å². The van der Waals surface area contributed by atoms with Gasteiger partial charge >= 0.3 is 0 Å². The highest BCUT2D eigenvalue weighted by molar-refractivity contribution is 5.88. The predicted molar refractivity (Wildman–Crippen MR) is 70.9 cm³/mol. The Balaban J connectivity index is 2.03. The van der Waals surface area contributed by atoms with Crippen molar-refractivity contribution >= 4 is 5.91 Å². The van der Waals surface area contributed by atoms with Crippen molar-refractivity contribution in [2.45, 2.75) is 50.4 Å². The Morgan fingerprint density at radius 1 is 1.11 bits per heavy atom. The molecule has 1 saturated carbocycles. The van der Waals surface area contributed by atoms with Crippen molar-refractivity contribution in [1.82, 2.24) is 5.43 Å². The van der Waals surface area contributed by atoms with Crippen LogP contribution in [-0.2, 0) is 23.1 Å². The van der Waals surface area contributed by atoms with Crippen molar-refractivity contribution in [3.05, 3.63) is 34.9 Å². The first-order valence-corrected chi connectivity index (χ1v) is 6.90. The van der Waals surface area contributed by atoms with E-state index in [1.54, 1.807) is 0 Å². The number of carbonyl (C=O) groups is 1. The van der Waals surface area contributed by atoms with Gasteiger partial charge in [0.2, 0.25) is 5.91 Å². The molecule has 3 nitrogen and oxygen atoms in total. The Kier molecular flexibility index (Phi) is 2.86. The molecule has 0 spiro atoms. The zero-order valence-corrected chi connectivity index (χ0v) is 10.7. The van der Waals surface area contributed by atoms with Crippen LogP contribution in [-0.4, -0.2) is 5.91 Å². The van der Waals surface area contributed by atoms with Crippen LogP contribution in [0.15, 0.2) is 18.2 Å². The van der Waals surface area contributed by atoms with E-state index in [0.717, 1.165) is 32.1 Å². The lowest BCUT2D eigenvalue weighted by molar-refractivity contribution is -0.126. The Bertz CT molecular complexity index is 475. The number of fused-ring (bicyclic) bond motifs is 1. The van der Waals surface area contributed by atoms with Crippen molar-refractivity contribution in [1.29, 1.82) is 0 Å². The van der Waals surface area contributed by atoms with E-state index in [1.165, 1.54) is 29.5 Å². The lowest BCUT2D eigenvalue weighted by Gasteiger charge is -2.27. The van der Waals surface area contributed by atoms with E-state index in [0.29, 0.717) is 0 Å². The predicted octanol–water partition coefficient (Wildman–Crippen LogP) is 1.98. The number of hydrazine groups is 1. The number of rotatable bonds is 2. The summed E-state index contributed by atoms with van der Waals surface area (Å²) in [5, 5.41) is 0. The monoisotopic (exact) mass is 244 g/mol. The summed E-state index contributed by atoms with van der Waals surface area (Å²) in [6.07, 6.45) is 7.67. The second-order valence-corrected chi connectivity index (χ2v) is 5.60. The molecule has 0 unspecified atom stereocenters. The van der Waals surface area contributed by atoms with E-state index >= 15 is 0 Å². The zero-order valence-electron chi connectivity index (χ0n) is 10.7. The van der Waals surface area contributed by atoms with Crippen LogP contribution in [0.3, 0.4) is 0 Å². The van der Waals surface area contributed by atoms with Gasteiger partial charge in [-0.2, -0.15) is 0 Å². The van der Waals surface area contributed by atoms with E-state index in [1.807, 2.05) is 0 Å². The van der Waals surface area contributed by atoms with Gasteiger partial charge in [0.25, 0.3) is 0 Å². The van der Waals surface area contributed by atoms with Crippen LogP contribution in [0.1, 0.15) is 48.8 Å². The number of hydrogen-bond donors (Lipinski definition) is 2. The maximum absolute atomic E-state index is 12.2. The summed E-state index contributed by atoms with van der Waals surface area (Å²) in [4.78, 5) is 12.2. The van der Waals surface area contributed by atoms with Crippen LogP contribution < -0.4 is 11.3 Å². The summed E-state index contributed by atoms with van der Waals surface area (Å²) in [6.45, 7) is 0. The third kappa shape index (κ3) is 1.65. The van der Waals surface area contributed by atoms with Gasteiger partial charge in [-0.25, -0.2) is 5.84 Å². The van der Waals surface area contributed by atoms with Crippen molar-refractivity contribution in [2.75, 3.05) is 0 Å². The first-order chi connectivity index (χ1) is 8.76. The van der Waals surface area contributed by atoms with Crippen molar-refractivity contribution in [3.8, 4) is 0 Å². The molecule has 1 amide bonds. The summed E-state index contributed by atoms with van der Waals surface area (Å²) in [5.41, 5.74) is 6.07. The van der Waals surface area contributed by atoms with E-state index < -0.39 is 0 Å². The largest absolute Gasteiger partial charge is 0.293 e. The Morgan fingerprint density at radius 2 is 1.83 bits per heavy atom. The smallest absolute Gasteiger partial charge is 0.244 e. The quantitative estimate of drug-likeness (QED) is 0.475. The van der Waals surface area contributed by atoms with Crippen LogP contribution in [0.2, 0.25) is 0 Å². The molecule has 18 heavy (non-hydrogen) atoms. The molecule has 3 rings (SSSR count). The normalized spacial score (nSPS) is 20.7. The fourth-order valence-electron chi connectivity index (χ4n) is 3.63. The Labute approximate surface area is 108 Å². The number of amides is 1. The third-order valence-electron chi connectivity index (χ3n) is 4.67. The summed E-state index contributed by atoms with van der Waals surface area (Å²) >= 11 is 0. The molecule has 0 bridgehead atoms. The highest BCUT2D eigenvalue weighted by Gasteiger charge is 2.42. The van der Waals surface area contributed by atoms with Crippen LogP contribution in [0.4, 0.5) is 0 Å². The number of nitrogens with one attached hydrogen (secondary N) is 1. The van der Waals surface area contributed by atoms with Crippen molar-refractivity contribution in [2.24, 2.45) is 5.84 Å². The summed E-state index contributed by atoms with van der Waals surface area (Å²) in [6, 6.07) is 6.61. The Morgan fingerprint density at radius 3 is 2.56 bits per heavy atom. The molecule has 1 aromatic carbocycles. The van der Waals surface area contributed by atoms with Crippen molar-refractivity contribution < 1.29 is 4.79 Å². The lowest BCUT2D eigenvalue weighted by Crippen LogP contribution is -2.45. The van der Waals surface area contributed by atoms with Gasteiger partial charge in [0.1, 0.15) is 0 Å². The van der Waals surface area contributed by atoms with Crippen molar-refractivity contribution in [3.63, 3.8) is 0 Å². The molecule has 1 fully saturated rings. The molecule has 2 aliphatic carbocycles. The Hall–Kier alpha value is -1.35. The van der Waals surface area contributed by atoms with Gasteiger partial charge in [-0.1, -0.05) is 31.0 Å². The minimum Gasteiger partial charge on any atom is -0.293 e. The summed E-state index contributed by atoms with van der Waals surface area (Å²) in [5.74, 6) is 5.37. The van der Waals surface area contributed by atoms with E-state index in [4.69, 9.17) is 5.84 Å². The van der Waals surface area contributed by atoms with Crippen LogP contribution in [0.5, 0.6) is 0 Å². The molecular formula is C15H20N2O. The van der Waals surface area contributed by atoms with E-state index in [-0.39, 0.29) is 11.3 Å². The van der Waals surface area contributed by atoms with E-state index in [2.05, 4.69) is 23.6 Å². The number of benzene rings is 1. The molecule has 0 radical (unpaired) electrons. The minimum absolute atomic E-state index is 0.0158. The summed E-state index contributed by atoms with van der Waals surface area (Å²) < 4.78 is 0. The number of aryl methyl sites for hydroxylation is 2. The van der Waals surface area contributed by atoms with Gasteiger partial charge in [-0.05, 0) is 48.8 Å². The topological polar surface area (TPSA) is 55.1 Å². The van der Waals surface area contributed by atoms with Crippen LogP contribution >= 0.6 is 0 Å². The second-order valence-electron chi connectivity index (χ2n) is 5.60. The standard InChI is InChI=1S/C15H20N2O/c16-17-14(18)15(8-1-2-9-15)13-7-6-11-4-3-5-12(11)10-13/h6-7,10H,1-5,8-9,16H2,(H,17,18). The number of nitrogens with two attached hydrogens (primary N) is 1. The molecule has 0 aromatic heterocycles. The fraction of sp³-hybridized carbons (Fsp3) is 0.533. The molecule has 0 heterocycles. The molecule has 2 aliphatic rings. The number of carbonyl (C=O) groups excluding carboxylic acids is 1. The lowest BCUT2D eigenvalue weighted by atomic mass is 9.77. The third-order valence-corrected chi connectivity index (χ3v) is 4.67. The molecule has 3 N–H and O–H groups in total. The number of hydrogen-bond acceptors (Lipinski definition) is 2. The van der Waals surface area contributed by atoms with E-state index in [9.17, 15) is 4.79 Å². The average molecular weight is 244 g/mol. The minimum atomic E-state index is -0.369. The maximum atomic E-state index is 12.2. The second kappa shape index (κ2) is 4.39. The molecule has 1 aromatic rings. The van der Waals surface area contributed by atoms with Gasteiger partial charge < -0.3 is 0 Å². The van der Waals surface area contributed by atoms with Gasteiger partial charge in [0, 0.05) is 0 Å². The summed E-state index contributed by atoms with van der Waals surface area (Å²) in [7, 11) is 0. The molecule has 0 saturated heterocycles. The first kappa shape index (κ1) is 11.7. The van der Waals surface area contributed by atoms with Crippen LogP contribution in [0.25, 0.3) is 0 Å². The molecule has 0 atom stereocenters. The molecule has 96 valence electrons. The van der Waals surface area contributed by atoms with Crippen LogP contribution in [0, 0.1) is 0 Å². The van der Waals surface area contributed by atoms with Gasteiger partial charge in [0.05, 0.1) is 5.41 Å². The fourth-order valence-corrected chi connectivity index (χ4v) is 3.63. The highest BCUT2D eigenvalue weighted by Crippen LogP contribution is 2.42. The zero-order chi connectivity index (χ0) is 12.6. The maximum Gasteiger partial charge on any atom is 0.244 e. The van der Waals surface area contributed by atoms with Gasteiger partial charge in [0.15, 0.2) is 0 Å². The molecular weight excluding hydrogens is 224 g/mol. The van der Waals surface area contributed by atoms with Gasteiger partial charge in [-0.15, -0.1) is 0 Å².